The van der Waals surface area contributed by atoms with E-state index >= 15 is 0 Å². The molecule has 1 aromatic heterocycles. The summed E-state index contributed by atoms with van der Waals surface area (Å²) >= 11 is 0. The second-order valence-electron chi connectivity index (χ2n) is 5.40. The van der Waals surface area contributed by atoms with Gasteiger partial charge in [0.15, 0.2) is 0 Å². The minimum atomic E-state index is 0.122. The van der Waals surface area contributed by atoms with Gasteiger partial charge >= 0.3 is 0 Å². The highest BCUT2D eigenvalue weighted by molar-refractivity contribution is 5.77. The van der Waals surface area contributed by atoms with Crippen LogP contribution in [0, 0.1) is 0 Å². The molecule has 3 heteroatoms. The summed E-state index contributed by atoms with van der Waals surface area (Å²) < 4.78 is 12.0. The van der Waals surface area contributed by atoms with Crippen molar-refractivity contribution >= 4 is 11.0 Å². The molecule has 0 spiro atoms. The van der Waals surface area contributed by atoms with Crippen LogP contribution >= 0.6 is 0 Å². The Labute approximate surface area is 127 Å². The van der Waals surface area contributed by atoms with Crippen LogP contribution in [0.2, 0.25) is 0 Å². The Balaban J connectivity index is 2.28. The number of hydrogen-bond acceptors (Lipinski definition) is 3. The quantitative estimate of drug-likeness (QED) is 0.728. The number of rotatable bonds is 9. The Hall–Kier alpha value is -1.32. The van der Waals surface area contributed by atoms with Crippen molar-refractivity contribution in [2.75, 3.05) is 13.2 Å². The highest BCUT2D eigenvalue weighted by Gasteiger charge is 2.25. The molecular weight excluding hydrogens is 262 g/mol. The van der Waals surface area contributed by atoms with Gasteiger partial charge in [0.25, 0.3) is 0 Å². The number of para-hydroxylation sites is 1. The number of ether oxygens (including phenoxy) is 1. The third-order valence-electron chi connectivity index (χ3n) is 3.69. The second kappa shape index (κ2) is 8.20. The minimum absolute atomic E-state index is 0.122. The SMILES string of the molecule is CCCNC(c1cc2ccccc2o1)C(CCC)OCC. The Morgan fingerprint density at radius 3 is 2.62 bits per heavy atom. The number of furan rings is 1. The zero-order valence-corrected chi connectivity index (χ0v) is 13.4. The first-order chi connectivity index (χ1) is 10.3. The lowest BCUT2D eigenvalue weighted by Crippen LogP contribution is -2.34. The van der Waals surface area contributed by atoms with E-state index in [-0.39, 0.29) is 12.1 Å². The number of hydrogen-bond donors (Lipinski definition) is 1. The smallest absolute Gasteiger partial charge is 0.134 e. The largest absolute Gasteiger partial charge is 0.459 e. The van der Waals surface area contributed by atoms with Crippen LogP contribution < -0.4 is 5.32 Å². The lowest BCUT2D eigenvalue weighted by Gasteiger charge is -2.26. The lowest BCUT2D eigenvalue weighted by molar-refractivity contribution is 0.0225. The molecule has 0 radical (unpaired) electrons. The molecule has 2 atom stereocenters. The van der Waals surface area contributed by atoms with Gasteiger partial charge in [-0.05, 0) is 38.4 Å². The van der Waals surface area contributed by atoms with Gasteiger partial charge in [-0.1, -0.05) is 38.5 Å². The van der Waals surface area contributed by atoms with Crippen LogP contribution in [0.4, 0.5) is 0 Å². The van der Waals surface area contributed by atoms with E-state index in [1.165, 1.54) is 0 Å². The molecule has 3 nitrogen and oxygen atoms in total. The molecule has 0 bridgehead atoms. The van der Waals surface area contributed by atoms with Gasteiger partial charge in [-0.15, -0.1) is 0 Å². The molecule has 0 aliphatic heterocycles. The zero-order valence-electron chi connectivity index (χ0n) is 13.4. The fourth-order valence-electron chi connectivity index (χ4n) is 2.72. The van der Waals surface area contributed by atoms with Crippen molar-refractivity contribution in [3.8, 4) is 0 Å². The summed E-state index contributed by atoms with van der Waals surface area (Å²) in [6.45, 7) is 8.13. The molecule has 0 aliphatic carbocycles. The van der Waals surface area contributed by atoms with Crippen molar-refractivity contribution in [2.24, 2.45) is 0 Å². The van der Waals surface area contributed by atoms with E-state index in [1.807, 2.05) is 18.2 Å². The van der Waals surface area contributed by atoms with Gasteiger partial charge in [0, 0.05) is 12.0 Å². The van der Waals surface area contributed by atoms with Crippen LogP contribution in [-0.2, 0) is 4.74 Å². The molecule has 1 heterocycles. The van der Waals surface area contributed by atoms with E-state index < -0.39 is 0 Å². The molecule has 1 aromatic carbocycles. The van der Waals surface area contributed by atoms with Crippen molar-refractivity contribution in [1.82, 2.24) is 5.32 Å². The maximum atomic E-state index is 6.06. The van der Waals surface area contributed by atoms with Gasteiger partial charge < -0.3 is 14.5 Å². The van der Waals surface area contributed by atoms with Crippen LogP contribution in [0.3, 0.4) is 0 Å². The summed E-state index contributed by atoms with van der Waals surface area (Å²) in [5.41, 5.74) is 0.947. The number of nitrogens with one attached hydrogen (secondary N) is 1. The Kier molecular flexibility index (Phi) is 6.27. The number of fused-ring (bicyclic) bond motifs is 1. The molecule has 0 aliphatic rings. The van der Waals surface area contributed by atoms with Crippen molar-refractivity contribution in [1.29, 1.82) is 0 Å². The van der Waals surface area contributed by atoms with Crippen LogP contribution in [0.15, 0.2) is 34.7 Å². The summed E-state index contributed by atoms with van der Waals surface area (Å²) in [7, 11) is 0. The van der Waals surface area contributed by atoms with E-state index in [4.69, 9.17) is 9.15 Å². The summed E-state index contributed by atoms with van der Waals surface area (Å²) in [4.78, 5) is 0. The first-order valence-electron chi connectivity index (χ1n) is 8.13. The van der Waals surface area contributed by atoms with Crippen LogP contribution in [0.5, 0.6) is 0 Å². The first-order valence-corrected chi connectivity index (χ1v) is 8.13. The third kappa shape index (κ3) is 4.08. The predicted octanol–water partition coefficient (Wildman–Crippen LogP) is 4.68. The standard InChI is InChI=1S/C18H27NO2/c1-4-9-16(20-6-3)18(19-12-5-2)17-13-14-10-7-8-11-15(14)21-17/h7-8,10-11,13,16,18-19H,4-6,9,12H2,1-3H3. The van der Waals surface area contributed by atoms with Gasteiger partial charge in [-0.25, -0.2) is 0 Å². The highest BCUT2D eigenvalue weighted by Crippen LogP contribution is 2.28. The molecule has 0 saturated heterocycles. The predicted molar refractivity (Wildman–Crippen MR) is 87.6 cm³/mol. The lowest BCUT2D eigenvalue weighted by atomic mass is 10.0. The molecule has 0 amide bonds. The summed E-state index contributed by atoms with van der Waals surface area (Å²) in [5, 5.41) is 4.75. The first kappa shape index (κ1) is 16.1. The van der Waals surface area contributed by atoms with Gasteiger partial charge in [0.2, 0.25) is 0 Å². The van der Waals surface area contributed by atoms with Gasteiger partial charge in [0.1, 0.15) is 11.3 Å². The Bertz CT molecular complexity index is 496. The minimum Gasteiger partial charge on any atom is -0.459 e. The maximum absolute atomic E-state index is 6.06. The van der Waals surface area contributed by atoms with Crippen molar-refractivity contribution in [3.63, 3.8) is 0 Å². The van der Waals surface area contributed by atoms with Crippen molar-refractivity contribution < 1.29 is 9.15 Å². The van der Waals surface area contributed by atoms with Crippen LogP contribution in [-0.4, -0.2) is 19.3 Å². The molecule has 1 N–H and O–H groups in total. The average molecular weight is 289 g/mol. The second-order valence-corrected chi connectivity index (χ2v) is 5.40. The topological polar surface area (TPSA) is 34.4 Å². The van der Waals surface area contributed by atoms with Crippen LogP contribution in [0.25, 0.3) is 11.0 Å². The van der Waals surface area contributed by atoms with E-state index in [0.29, 0.717) is 0 Å². The summed E-state index contributed by atoms with van der Waals surface area (Å²) in [5.74, 6) is 0.983. The molecule has 2 rings (SSSR count). The Morgan fingerprint density at radius 2 is 1.95 bits per heavy atom. The van der Waals surface area contributed by atoms with Gasteiger partial charge in [0.05, 0.1) is 12.1 Å². The molecule has 2 unspecified atom stereocenters. The molecule has 21 heavy (non-hydrogen) atoms. The van der Waals surface area contributed by atoms with Gasteiger partial charge in [-0.2, -0.15) is 0 Å². The Morgan fingerprint density at radius 1 is 1.14 bits per heavy atom. The summed E-state index contributed by atoms with van der Waals surface area (Å²) in [6.07, 6.45) is 3.40. The highest BCUT2D eigenvalue weighted by atomic mass is 16.5. The van der Waals surface area contributed by atoms with E-state index in [1.54, 1.807) is 0 Å². The monoisotopic (exact) mass is 289 g/mol. The average Bonchev–Trinajstić information content (AvgIpc) is 2.91. The molecule has 0 fully saturated rings. The molecule has 2 aromatic rings. The normalized spacial score (nSPS) is 14.4. The molecular formula is C18H27NO2. The van der Waals surface area contributed by atoms with Crippen molar-refractivity contribution in [2.45, 2.75) is 52.2 Å². The number of benzene rings is 1. The third-order valence-corrected chi connectivity index (χ3v) is 3.69. The van der Waals surface area contributed by atoms with E-state index in [9.17, 15) is 0 Å². The van der Waals surface area contributed by atoms with E-state index in [0.717, 1.165) is 49.1 Å². The summed E-state index contributed by atoms with van der Waals surface area (Å²) in [6, 6.07) is 10.4. The maximum Gasteiger partial charge on any atom is 0.134 e. The fraction of sp³-hybridized carbons (Fsp3) is 0.556. The van der Waals surface area contributed by atoms with Crippen LogP contribution in [0.1, 0.15) is 51.8 Å². The van der Waals surface area contributed by atoms with Crippen molar-refractivity contribution in [3.05, 3.63) is 36.1 Å². The molecule has 116 valence electrons. The zero-order chi connectivity index (χ0) is 15.1. The van der Waals surface area contributed by atoms with E-state index in [2.05, 4.69) is 38.2 Å². The van der Waals surface area contributed by atoms with Gasteiger partial charge in [-0.3, -0.25) is 0 Å². The molecule has 0 saturated carbocycles. The fourth-order valence-corrected chi connectivity index (χ4v) is 2.72.